The van der Waals surface area contributed by atoms with Crippen LogP contribution in [0.3, 0.4) is 0 Å². The lowest BCUT2D eigenvalue weighted by Crippen LogP contribution is -2.21. The van der Waals surface area contributed by atoms with E-state index in [9.17, 15) is 10.1 Å². The van der Waals surface area contributed by atoms with Crippen molar-refractivity contribution in [3.05, 3.63) is 103 Å². The summed E-state index contributed by atoms with van der Waals surface area (Å²) in [5.41, 5.74) is 8.83. The number of halogens is 3. The van der Waals surface area contributed by atoms with Crippen LogP contribution < -0.4 is 15.2 Å². The molecular formula is C26H15BrCl2N2O4. The zero-order chi connectivity index (χ0) is 24.9. The van der Waals surface area contributed by atoms with E-state index in [1.165, 1.54) is 0 Å². The third kappa shape index (κ3) is 4.14. The number of carbonyl (C=O) groups excluding carboxylic acids is 1. The quantitative estimate of drug-likeness (QED) is 0.206. The van der Waals surface area contributed by atoms with Gasteiger partial charge in [-0.1, -0.05) is 51.3 Å². The maximum absolute atomic E-state index is 12.9. The Kier molecular flexibility index (Phi) is 5.97. The molecule has 1 aliphatic rings. The summed E-state index contributed by atoms with van der Waals surface area (Å²) in [6.07, 6.45) is 0. The zero-order valence-electron chi connectivity index (χ0n) is 18.1. The number of esters is 1. The largest absolute Gasteiger partial charge is 0.449 e. The average Bonchev–Trinajstić information content (AvgIpc) is 3.14. The van der Waals surface area contributed by atoms with Crippen molar-refractivity contribution in [3.8, 4) is 17.6 Å². The van der Waals surface area contributed by atoms with Gasteiger partial charge in [-0.15, -0.1) is 0 Å². The molecule has 0 spiro atoms. The Morgan fingerprint density at radius 3 is 2.63 bits per heavy atom. The first kappa shape index (κ1) is 23.3. The number of nitrogens with two attached hydrogens (primary N) is 1. The van der Waals surface area contributed by atoms with Gasteiger partial charge < -0.3 is 19.6 Å². The molecule has 0 bridgehead atoms. The highest BCUT2D eigenvalue weighted by atomic mass is 79.9. The first-order valence-electron chi connectivity index (χ1n) is 10.3. The van der Waals surface area contributed by atoms with Gasteiger partial charge in [0.05, 0.1) is 5.92 Å². The molecule has 5 rings (SSSR count). The third-order valence-electron chi connectivity index (χ3n) is 5.76. The highest BCUT2D eigenvalue weighted by Crippen LogP contribution is 2.45. The molecule has 1 unspecified atom stereocenters. The molecule has 0 amide bonds. The third-order valence-corrected chi connectivity index (χ3v) is 6.81. The van der Waals surface area contributed by atoms with Crippen LogP contribution in [0.2, 0.25) is 10.0 Å². The topological polar surface area (TPSA) is 98.5 Å². The van der Waals surface area contributed by atoms with Crippen LogP contribution >= 0.6 is 39.1 Å². The van der Waals surface area contributed by atoms with Crippen LogP contribution in [0.4, 0.5) is 0 Å². The Morgan fingerprint density at radius 2 is 1.89 bits per heavy atom. The van der Waals surface area contributed by atoms with Gasteiger partial charge in [-0.05, 0) is 48.9 Å². The molecule has 0 saturated carbocycles. The Hall–Kier alpha value is -3.44. The van der Waals surface area contributed by atoms with Gasteiger partial charge in [-0.2, -0.15) is 5.26 Å². The average molecular weight is 570 g/mol. The van der Waals surface area contributed by atoms with Gasteiger partial charge in [0.1, 0.15) is 28.7 Å². The number of benzene rings is 3. The normalized spacial score (nSPS) is 14.9. The van der Waals surface area contributed by atoms with Crippen LogP contribution in [0.15, 0.2) is 74.9 Å². The molecule has 35 heavy (non-hydrogen) atoms. The molecule has 1 aromatic heterocycles. The summed E-state index contributed by atoms with van der Waals surface area (Å²) >= 11 is 15.9. The molecule has 174 valence electrons. The summed E-state index contributed by atoms with van der Waals surface area (Å²) in [7, 11) is 0. The van der Waals surface area contributed by atoms with E-state index in [1.807, 2.05) is 12.1 Å². The van der Waals surface area contributed by atoms with Gasteiger partial charge in [-0.3, -0.25) is 0 Å². The first-order valence-corrected chi connectivity index (χ1v) is 11.9. The van der Waals surface area contributed by atoms with Crippen LogP contribution in [0.5, 0.6) is 11.5 Å². The summed E-state index contributed by atoms with van der Waals surface area (Å²) in [5, 5.41) is 11.4. The summed E-state index contributed by atoms with van der Waals surface area (Å²) < 4.78 is 17.9. The van der Waals surface area contributed by atoms with Gasteiger partial charge in [0.15, 0.2) is 0 Å². The molecule has 0 saturated heterocycles. The highest BCUT2D eigenvalue weighted by molar-refractivity contribution is 9.10. The zero-order valence-corrected chi connectivity index (χ0v) is 21.2. The van der Waals surface area contributed by atoms with E-state index in [0.717, 1.165) is 9.86 Å². The predicted molar refractivity (Wildman–Crippen MR) is 136 cm³/mol. The van der Waals surface area contributed by atoms with Crippen LogP contribution in [0, 0.1) is 18.3 Å². The second-order valence-electron chi connectivity index (χ2n) is 7.88. The lowest BCUT2D eigenvalue weighted by atomic mass is 9.83. The molecule has 3 aromatic carbocycles. The highest BCUT2D eigenvalue weighted by Gasteiger charge is 2.32. The maximum atomic E-state index is 12.9. The van der Waals surface area contributed by atoms with Crippen molar-refractivity contribution in [1.29, 1.82) is 5.26 Å². The second-order valence-corrected chi connectivity index (χ2v) is 9.64. The molecule has 0 aliphatic carbocycles. The molecule has 9 heteroatoms. The van der Waals surface area contributed by atoms with E-state index in [4.69, 9.17) is 42.8 Å². The summed E-state index contributed by atoms with van der Waals surface area (Å²) in [6, 6.07) is 17.5. The van der Waals surface area contributed by atoms with E-state index in [2.05, 4.69) is 22.0 Å². The van der Waals surface area contributed by atoms with Gasteiger partial charge >= 0.3 is 5.97 Å². The van der Waals surface area contributed by atoms with Crippen molar-refractivity contribution in [1.82, 2.24) is 0 Å². The lowest BCUT2D eigenvalue weighted by Gasteiger charge is -2.27. The summed E-state index contributed by atoms with van der Waals surface area (Å²) in [4.78, 5) is 12.9. The SMILES string of the molecule is Cc1c(C(=O)Oc2ccc3c(c2)OC(N)=C(C#N)C3c2ccc(Cl)cc2Cl)oc2ccc(Br)cc12. The minimum absolute atomic E-state index is 0.0572. The number of furan rings is 1. The summed E-state index contributed by atoms with van der Waals surface area (Å²) in [5.74, 6) is -0.609. The fourth-order valence-corrected chi connectivity index (χ4v) is 4.97. The van der Waals surface area contributed by atoms with Crippen molar-refractivity contribution >= 4 is 56.1 Å². The lowest BCUT2D eigenvalue weighted by molar-refractivity contribution is 0.0702. The van der Waals surface area contributed by atoms with Crippen LogP contribution in [-0.2, 0) is 0 Å². The molecule has 2 heterocycles. The monoisotopic (exact) mass is 568 g/mol. The van der Waals surface area contributed by atoms with Crippen molar-refractivity contribution in [2.24, 2.45) is 5.73 Å². The molecule has 0 radical (unpaired) electrons. The minimum Gasteiger partial charge on any atom is -0.449 e. The number of nitriles is 1. The number of nitrogens with zero attached hydrogens (tertiary/aromatic N) is 1. The Bertz CT molecular complexity index is 1600. The van der Waals surface area contributed by atoms with Crippen molar-refractivity contribution in [2.75, 3.05) is 0 Å². The fourth-order valence-electron chi connectivity index (χ4n) is 4.10. The minimum atomic E-state index is -0.649. The van der Waals surface area contributed by atoms with Gasteiger partial charge in [0, 0.05) is 37.1 Å². The Labute approximate surface area is 218 Å². The molecule has 2 N–H and O–H groups in total. The molecule has 6 nitrogen and oxygen atoms in total. The van der Waals surface area contributed by atoms with Crippen LogP contribution in [0.1, 0.15) is 33.2 Å². The smallest absolute Gasteiger partial charge is 0.379 e. The second kappa shape index (κ2) is 8.97. The Balaban J connectivity index is 1.51. The van der Waals surface area contributed by atoms with Gasteiger partial charge in [0.25, 0.3) is 0 Å². The van der Waals surface area contributed by atoms with E-state index >= 15 is 0 Å². The number of ether oxygens (including phenoxy) is 2. The van der Waals surface area contributed by atoms with Crippen LogP contribution in [-0.4, -0.2) is 5.97 Å². The van der Waals surface area contributed by atoms with Crippen molar-refractivity contribution in [3.63, 3.8) is 0 Å². The molecule has 1 atom stereocenters. The molecule has 4 aromatic rings. The molecule has 0 fully saturated rings. The number of carbonyl (C=O) groups is 1. The number of fused-ring (bicyclic) bond motifs is 2. The Morgan fingerprint density at radius 1 is 1.11 bits per heavy atom. The van der Waals surface area contributed by atoms with E-state index in [-0.39, 0.29) is 23.0 Å². The standard InChI is InChI=1S/C26H15BrCl2N2O4/c1-12-18-8-13(27)2-7-21(18)34-24(12)26(32)33-15-4-6-17-22(10-15)35-25(31)19(11-30)23(17)16-5-3-14(28)9-20(16)29/h2-10,23H,31H2,1H3. The van der Waals surface area contributed by atoms with Crippen molar-refractivity contribution in [2.45, 2.75) is 12.8 Å². The molecular weight excluding hydrogens is 555 g/mol. The summed E-state index contributed by atoms with van der Waals surface area (Å²) in [6.45, 7) is 1.79. The van der Waals surface area contributed by atoms with Crippen LogP contribution in [0.25, 0.3) is 11.0 Å². The number of allylic oxidation sites excluding steroid dienone is 1. The first-order chi connectivity index (χ1) is 16.8. The maximum Gasteiger partial charge on any atom is 0.379 e. The van der Waals surface area contributed by atoms with Crippen molar-refractivity contribution < 1.29 is 18.7 Å². The van der Waals surface area contributed by atoms with E-state index in [0.29, 0.717) is 38.1 Å². The fraction of sp³-hybridized carbons (Fsp3) is 0.0769. The number of hydrogen-bond donors (Lipinski definition) is 1. The number of hydrogen-bond acceptors (Lipinski definition) is 6. The van der Waals surface area contributed by atoms with Gasteiger partial charge in [0.2, 0.25) is 11.6 Å². The van der Waals surface area contributed by atoms with E-state index < -0.39 is 11.9 Å². The van der Waals surface area contributed by atoms with E-state index in [1.54, 1.807) is 49.4 Å². The molecule has 1 aliphatic heterocycles. The number of rotatable bonds is 3. The number of aryl methyl sites for hydroxylation is 1. The predicted octanol–water partition coefficient (Wildman–Crippen LogP) is 7.25. The van der Waals surface area contributed by atoms with Gasteiger partial charge in [-0.25, -0.2) is 4.79 Å².